The van der Waals surface area contributed by atoms with Crippen molar-refractivity contribution in [2.75, 3.05) is 43.2 Å². The first kappa shape index (κ1) is 32.6. The second kappa shape index (κ2) is 12.9. The van der Waals surface area contributed by atoms with Crippen LogP contribution < -0.4 is 9.80 Å². The molecule has 0 aliphatic carbocycles. The van der Waals surface area contributed by atoms with Gasteiger partial charge in [-0.15, -0.1) is 0 Å². The summed E-state index contributed by atoms with van der Waals surface area (Å²) in [6, 6.07) is 5.42. The number of hydrogen-bond acceptors (Lipinski definition) is 8. The highest BCUT2D eigenvalue weighted by molar-refractivity contribution is 6.71. The number of hydrogen-bond donors (Lipinski definition) is 2. The fraction of sp³-hybridized carbons (Fsp3) is 0.688. The summed E-state index contributed by atoms with van der Waals surface area (Å²) in [5, 5.41) is 9.83. The maximum Gasteiger partial charge on any atom is 0.305 e. The van der Waals surface area contributed by atoms with Crippen molar-refractivity contribution in [1.29, 1.82) is 0 Å². The number of likely N-dealkylation sites (tertiary alicyclic amines) is 1. The smallest absolute Gasteiger partial charge is 0.305 e. The molecule has 4 heterocycles. The average Bonchev–Trinajstić information content (AvgIpc) is 3.65. The van der Waals surface area contributed by atoms with Crippen molar-refractivity contribution in [3.8, 4) is 0 Å². The molecule has 0 bridgehead atoms. The minimum Gasteiger partial charge on any atom is -0.469 e. The molecule has 3 fully saturated rings. The van der Waals surface area contributed by atoms with Crippen LogP contribution in [-0.2, 0) is 34.3 Å². The van der Waals surface area contributed by atoms with Gasteiger partial charge in [0, 0.05) is 55.2 Å². The summed E-state index contributed by atoms with van der Waals surface area (Å²) in [6.07, 6.45) is 4.47. The van der Waals surface area contributed by atoms with E-state index in [-0.39, 0.29) is 49.2 Å². The third kappa shape index (κ3) is 5.81. The minimum absolute atomic E-state index is 0.0102. The van der Waals surface area contributed by atoms with E-state index in [0.717, 1.165) is 25.7 Å². The summed E-state index contributed by atoms with van der Waals surface area (Å²) < 4.78 is 11.6. The van der Waals surface area contributed by atoms with E-state index in [0.29, 0.717) is 55.8 Å². The molecule has 5 rings (SSSR count). The zero-order valence-corrected chi connectivity index (χ0v) is 27.4. The Kier molecular flexibility index (Phi) is 9.55. The molecular weight excluding hydrogens is 582 g/mol. The molecule has 11 nitrogen and oxygen atoms in total. The van der Waals surface area contributed by atoms with Crippen LogP contribution in [0.5, 0.6) is 0 Å². The van der Waals surface area contributed by atoms with Gasteiger partial charge in [-0.05, 0) is 69.8 Å². The Bertz CT molecular complexity index is 1280. The first-order valence-electron chi connectivity index (χ1n) is 16.1. The molecule has 1 aromatic carbocycles. The molecule has 0 saturated carbocycles. The Hall–Kier alpha value is -2.80. The van der Waals surface area contributed by atoms with Gasteiger partial charge in [-0.1, -0.05) is 6.92 Å². The van der Waals surface area contributed by atoms with Crippen LogP contribution in [0.15, 0.2) is 18.2 Å². The maximum absolute atomic E-state index is 14.6. The van der Waals surface area contributed by atoms with E-state index in [1.165, 1.54) is 7.11 Å². The Labute approximate surface area is 260 Å². The van der Waals surface area contributed by atoms with Gasteiger partial charge in [0.15, 0.2) is 13.9 Å². The van der Waals surface area contributed by atoms with E-state index >= 15 is 0 Å². The van der Waals surface area contributed by atoms with Gasteiger partial charge in [0.1, 0.15) is 0 Å². The number of piperidine rings is 1. The number of carbonyl (C=O) groups is 4. The van der Waals surface area contributed by atoms with Crippen molar-refractivity contribution in [2.45, 2.75) is 101 Å². The quantitative estimate of drug-likeness (QED) is 0.229. The molecule has 0 unspecified atom stereocenters. The average molecular weight is 630 g/mol. The number of fused-ring (bicyclic) bond motifs is 2. The predicted octanol–water partition coefficient (Wildman–Crippen LogP) is 3.06. The highest BCUT2D eigenvalue weighted by Gasteiger charge is 2.66. The number of nitrogens with zero attached hydrogens (tertiary/aromatic N) is 3. The van der Waals surface area contributed by atoms with Crippen molar-refractivity contribution in [3.05, 3.63) is 23.8 Å². The Morgan fingerprint density at radius 3 is 2.59 bits per heavy atom. The van der Waals surface area contributed by atoms with Gasteiger partial charge < -0.3 is 34.1 Å². The molecule has 1 spiro atoms. The summed E-state index contributed by atoms with van der Waals surface area (Å²) >= 11 is 0. The van der Waals surface area contributed by atoms with Crippen LogP contribution >= 0.6 is 0 Å². The number of amides is 3. The molecule has 0 aromatic heterocycles. The maximum atomic E-state index is 14.6. The molecule has 4 aliphatic rings. The molecule has 0 radical (unpaired) electrons. The third-order valence-corrected chi connectivity index (χ3v) is 12.6. The lowest BCUT2D eigenvalue weighted by atomic mass is 9.82. The van der Waals surface area contributed by atoms with Crippen LogP contribution in [0.3, 0.4) is 0 Å². The number of methoxy groups -OCH3 is 1. The van der Waals surface area contributed by atoms with Crippen molar-refractivity contribution < 1.29 is 38.6 Å². The van der Waals surface area contributed by atoms with E-state index in [1.807, 2.05) is 38.2 Å². The molecule has 3 amide bonds. The van der Waals surface area contributed by atoms with Crippen LogP contribution in [-0.4, -0.2) is 92.3 Å². The zero-order chi connectivity index (χ0) is 31.8. The van der Waals surface area contributed by atoms with Gasteiger partial charge in [-0.25, -0.2) is 0 Å². The number of rotatable bonds is 10. The molecule has 242 valence electrons. The van der Waals surface area contributed by atoms with Gasteiger partial charge in [0.25, 0.3) is 5.91 Å². The molecule has 4 aliphatic heterocycles. The summed E-state index contributed by atoms with van der Waals surface area (Å²) in [4.78, 5) is 69.6. The third-order valence-electron chi connectivity index (χ3n) is 10.1. The number of anilines is 2. The predicted molar refractivity (Wildman–Crippen MR) is 166 cm³/mol. The van der Waals surface area contributed by atoms with Gasteiger partial charge >= 0.3 is 5.97 Å². The molecule has 12 heteroatoms. The fourth-order valence-corrected chi connectivity index (χ4v) is 10.6. The zero-order valence-electron chi connectivity index (χ0n) is 26.4. The monoisotopic (exact) mass is 629 g/mol. The molecule has 3 saturated heterocycles. The number of unbranched alkanes of at least 4 members (excludes halogenated alkanes) is 1. The second-order valence-electron chi connectivity index (χ2n) is 13.3. The Morgan fingerprint density at radius 2 is 1.91 bits per heavy atom. The van der Waals surface area contributed by atoms with Crippen molar-refractivity contribution >= 4 is 43.4 Å². The molecule has 5 atom stereocenters. The summed E-state index contributed by atoms with van der Waals surface area (Å²) in [7, 11) is -1.63. The summed E-state index contributed by atoms with van der Waals surface area (Å²) in [6.45, 7) is 7.02. The standard InChI is InChI=1S/C32H47N3O8Si/c1-21-30(44(3,4)41)26(19-28(38)34-17-9-10-23(34)20-36)43-32(21)24-18-22(33-15-7-5-11-27(33)37)13-14-25(24)35(31(32)40)16-8-6-12-29(39)42-2/h13-14,18,21,23,26,30,36,41H,5-12,15-17,19-20H2,1-4H3/t21-,23+,26+,30-,32+/m1/s1. The van der Waals surface area contributed by atoms with E-state index in [2.05, 4.69) is 0 Å². The largest absolute Gasteiger partial charge is 0.469 e. The molecular formula is C32H47N3O8Si. The number of aliphatic hydroxyl groups is 1. The number of carbonyl (C=O) groups excluding carboxylic acids is 4. The number of ether oxygens (including phenoxy) is 2. The van der Waals surface area contributed by atoms with E-state index in [9.17, 15) is 29.1 Å². The van der Waals surface area contributed by atoms with Crippen molar-refractivity contribution in [3.63, 3.8) is 0 Å². The Morgan fingerprint density at radius 1 is 1.14 bits per heavy atom. The van der Waals surface area contributed by atoms with Crippen molar-refractivity contribution in [2.24, 2.45) is 5.92 Å². The van der Waals surface area contributed by atoms with Crippen LogP contribution in [0.2, 0.25) is 18.6 Å². The van der Waals surface area contributed by atoms with Gasteiger partial charge in [-0.2, -0.15) is 0 Å². The topological polar surface area (TPSA) is 137 Å². The number of benzene rings is 1. The first-order valence-corrected chi connectivity index (χ1v) is 19.1. The second-order valence-corrected chi connectivity index (χ2v) is 17.3. The first-order chi connectivity index (χ1) is 20.9. The minimum atomic E-state index is -2.99. The van der Waals surface area contributed by atoms with E-state index < -0.39 is 31.5 Å². The highest BCUT2D eigenvalue weighted by atomic mass is 28.4. The van der Waals surface area contributed by atoms with Gasteiger partial charge in [0.05, 0.1) is 38.0 Å². The molecule has 2 N–H and O–H groups in total. The van der Waals surface area contributed by atoms with E-state index in [1.54, 1.807) is 14.7 Å². The van der Waals surface area contributed by atoms with E-state index in [4.69, 9.17) is 9.47 Å². The van der Waals surface area contributed by atoms with Crippen LogP contribution in [0.25, 0.3) is 0 Å². The SMILES string of the molecule is COC(=O)CCCCN1C(=O)[C@@]2(O[C@@H](CC(=O)N3CCC[C@H]3CO)[C@H]([Si](C)(C)O)[C@H]2C)c2cc(N3CCCCC3=O)ccc21. The lowest BCUT2D eigenvalue weighted by molar-refractivity contribution is -0.150. The molecule has 1 aromatic rings. The van der Waals surface area contributed by atoms with Gasteiger partial charge in [0.2, 0.25) is 11.8 Å². The number of aliphatic hydroxyl groups excluding tert-OH is 1. The summed E-state index contributed by atoms with van der Waals surface area (Å²) in [5.74, 6) is -1.09. The fourth-order valence-electron chi connectivity index (χ4n) is 8.02. The van der Waals surface area contributed by atoms with Crippen LogP contribution in [0, 0.1) is 5.92 Å². The van der Waals surface area contributed by atoms with Crippen LogP contribution in [0.1, 0.15) is 70.3 Å². The van der Waals surface area contributed by atoms with Gasteiger partial charge in [-0.3, -0.25) is 19.2 Å². The summed E-state index contributed by atoms with van der Waals surface area (Å²) in [5.41, 5.74) is 0.209. The lowest BCUT2D eigenvalue weighted by Gasteiger charge is -2.33. The highest BCUT2D eigenvalue weighted by Crippen LogP contribution is 2.60. The Balaban J connectivity index is 1.52. The molecule has 44 heavy (non-hydrogen) atoms. The van der Waals surface area contributed by atoms with Crippen molar-refractivity contribution in [1.82, 2.24) is 4.90 Å². The van der Waals surface area contributed by atoms with Crippen LogP contribution in [0.4, 0.5) is 11.4 Å². The number of esters is 1. The normalized spacial score (nSPS) is 28.7. The lowest BCUT2D eigenvalue weighted by Crippen LogP contribution is -2.46.